The van der Waals surface area contributed by atoms with Gasteiger partial charge in [0, 0.05) is 16.2 Å². The van der Waals surface area contributed by atoms with Gasteiger partial charge in [-0.05, 0) is 71.2 Å². The highest BCUT2D eigenvalue weighted by Gasteiger charge is 2.18. The van der Waals surface area contributed by atoms with Crippen molar-refractivity contribution in [2.45, 2.75) is 58.6 Å². The van der Waals surface area contributed by atoms with E-state index in [0.717, 1.165) is 18.4 Å². The van der Waals surface area contributed by atoms with Crippen LogP contribution in [0.15, 0.2) is 18.2 Å². The lowest BCUT2D eigenvalue weighted by atomic mass is 9.96. The first-order valence-corrected chi connectivity index (χ1v) is 7.41. The van der Waals surface area contributed by atoms with Crippen molar-refractivity contribution in [3.63, 3.8) is 0 Å². The number of aryl methyl sites for hydroxylation is 1. The number of carbonyl (C=O) groups excluding carboxylic acids is 1. The molecule has 0 aliphatic carbocycles. The molecular weight excluding hydrogens is 288 g/mol. The molecule has 0 saturated heterocycles. The Balaban J connectivity index is 2.84. The lowest BCUT2D eigenvalue weighted by molar-refractivity contribution is 0.0636. The number of rotatable bonds is 4. The second-order valence-electron chi connectivity index (χ2n) is 6.92. The average molecular weight is 313 g/mol. The van der Waals surface area contributed by atoms with Crippen molar-refractivity contribution in [3.8, 4) is 0 Å². The molecule has 0 radical (unpaired) electrons. The molecule has 1 rings (SSSR count). The largest absolute Gasteiger partial charge is 0.444 e. The van der Waals surface area contributed by atoms with Gasteiger partial charge in [0.05, 0.1) is 0 Å². The zero-order valence-corrected chi connectivity index (χ0v) is 14.2. The topological polar surface area (TPSA) is 64.3 Å². The summed E-state index contributed by atoms with van der Waals surface area (Å²) in [5, 5.41) is 3.40. The van der Waals surface area contributed by atoms with Crippen LogP contribution in [0.1, 0.15) is 46.6 Å². The minimum atomic E-state index is -0.532. The van der Waals surface area contributed by atoms with Gasteiger partial charge in [0.15, 0.2) is 0 Å². The smallest absolute Gasteiger partial charge is 0.412 e. The summed E-state index contributed by atoms with van der Waals surface area (Å²) in [4.78, 5) is 11.9. The van der Waals surface area contributed by atoms with Crippen LogP contribution in [0, 0.1) is 0 Å². The second kappa shape index (κ2) is 6.67. The van der Waals surface area contributed by atoms with Crippen molar-refractivity contribution in [1.82, 2.24) is 0 Å². The number of nitrogens with two attached hydrogens (primary N) is 1. The van der Waals surface area contributed by atoms with Gasteiger partial charge in [-0.25, -0.2) is 4.79 Å². The molecule has 1 amide bonds. The van der Waals surface area contributed by atoms with Crippen molar-refractivity contribution in [3.05, 3.63) is 28.8 Å². The van der Waals surface area contributed by atoms with Gasteiger partial charge < -0.3 is 10.5 Å². The third-order valence-corrected chi connectivity index (χ3v) is 2.98. The Morgan fingerprint density at radius 1 is 1.29 bits per heavy atom. The van der Waals surface area contributed by atoms with Gasteiger partial charge in [-0.1, -0.05) is 11.6 Å². The molecule has 1 aromatic carbocycles. The molecule has 1 aromatic rings. The monoisotopic (exact) mass is 312 g/mol. The van der Waals surface area contributed by atoms with E-state index in [4.69, 9.17) is 22.1 Å². The average Bonchev–Trinajstić information content (AvgIpc) is 2.26. The molecule has 4 nitrogen and oxygen atoms in total. The molecule has 21 heavy (non-hydrogen) atoms. The Kier molecular flexibility index (Phi) is 5.65. The SMILES string of the molecule is CC(C)(N)CCc1cc(Cl)ccc1NC(=O)OC(C)(C)C. The first-order chi connectivity index (χ1) is 9.46. The number of ether oxygens (including phenoxy) is 1. The fraction of sp³-hybridized carbons (Fsp3) is 0.562. The third kappa shape index (κ3) is 7.34. The predicted molar refractivity (Wildman–Crippen MR) is 87.9 cm³/mol. The summed E-state index contributed by atoms with van der Waals surface area (Å²) in [5.41, 5.74) is 6.86. The molecule has 0 bridgehead atoms. The molecule has 0 heterocycles. The standard InChI is InChI=1S/C16H25ClN2O2/c1-15(2,3)21-14(20)19-13-7-6-12(17)10-11(13)8-9-16(4,5)18/h6-7,10H,8-9,18H2,1-5H3,(H,19,20). The number of hydrogen-bond acceptors (Lipinski definition) is 3. The highest BCUT2D eigenvalue weighted by molar-refractivity contribution is 6.30. The van der Waals surface area contributed by atoms with E-state index in [2.05, 4.69) is 5.32 Å². The van der Waals surface area contributed by atoms with E-state index in [0.29, 0.717) is 10.7 Å². The van der Waals surface area contributed by atoms with Crippen LogP contribution in [0.3, 0.4) is 0 Å². The molecule has 0 atom stereocenters. The Labute approximate surface area is 132 Å². The zero-order valence-electron chi connectivity index (χ0n) is 13.4. The lowest BCUT2D eigenvalue weighted by Gasteiger charge is -2.22. The third-order valence-electron chi connectivity index (χ3n) is 2.74. The summed E-state index contributed by atoms with van der Waals surface area (Å²) in [6.07, 6.45) is 1.05. The van der Waals surface area contributed by atoms with Crippen LogP contribution in [0.25, 0.3) is 0 Å². The maximum atomic E-state index is 11.9. The molecule has 3 N–H and O–H groups in total. The van der Waals surface area contributed by atoms with E-state index in [1.54, 1.807) is 12.1 Å². The first kappa shape index (κ1) is 17.8. The molecular formula is C16H25ClN2O2. The summed E-state index contributed by atoms with van der Waals surface area (Å²) >= 11 is 6.03. The summed E-state index contributed by atoms with van der Waals surface area (Å²) < 4.78 is 5.26. The summed E-state index contributed by atoms with van der Waals surface area (Å²) in [6.45, 7) is 9.42. The summed E-state index contributed by atoms with van der Waals surface area (Å²) in [7, 11) is 0. The number of nitrogens with one attached hydrogen (secondary N) is 1. The number of halogens is 1. The van der Waals surface area contributed by atoms with Gasteiger partial charge in [0.2, 0.25) is 0 Å². The molecule has 0 aromatic heterocycles. The maximum absolute atomic E-state index is 11.9. The maximum Gasteiger partial charge on any atom is 0.412 e. The van der Waals surface area contributed by atoms with Crippen molar-refractivity contribution in [2.24, 2.45) is 5.73 Å². The van der Waals surface area contributed by atoms with Crippen LogP contribution in [-0.2, 0) is 11.2 Å². The molecule has 0 spiro atoms. The molecule has 0 aliphatic rings. The van der Waals surface area contributed by atoms with Gasteiger partial charge >= 0.3 is 6.09 Å². The van der Waals surface area contributed by atoms with E-state index in [1.165, 1.54) is 0 Å². The number of amides is 1. The van der Waals surface area contributed by atoms with E-state index < -0.39 is 11.7 Å². The van der Waals surface area contributed by atoms with Gasteiger partial charge in [0.1, 0.15) is 5.60 Å². The molecule has 118 valence electrons. The highest BCUT2D eigenvalue weighted by Crippen LogP contribution is 2.24. The summed E-state index contributed by atoms with van der Waals surface area (Å²) in [5.74, 6) is 0. The fourth-order valence-corrected chi connectivity index (χ4v) is 1.96. The molecule has 0 aliphatic heterocycles. The normalized spacial score (nSPS) is 12.1. The fourth-order valence-electron chi connectivity index (χ4n) is 1.76. The Hall–Kier alpha value is -1.26. The summed E-state index contributed by atoms with van der Waals surface area (Å²) in [6, 6.07) is 5.37. The first-order valence-electron chi connectivity index (χ1n) is 7.04. The van der Waals surface area contributed by atoms with Crippen LogP contribution in [-0.4, -0.2) is 17.2 Å². The minimum Gasteiger partial charge on any atom is -0.444 e. The van der Waals surface area contributed by atoms with Crippen molar-refractivity contribution < 1.29 is 9.53 Å². The zero-order chi connectivity index (χ0) is 16.3. The molecule has 5 heteroatoms. The lowest BCUT2D eigenvalue weighted by Crippen LogP contribution is -2.32. The van der Waals surface area contributed by atoms with Gasteiger partial charge in [-0.2, -0.15) is 0 Å². The van der Waals surface area contributed by atoms with Crippen LogP contribution in [0.4, 0.5) is 10.5 Å². The molecule has 0 unspecified atom stereocenters. The van der Waals surface area contributed by atoms with Crippen molar-refractivity contribution >= 4 is 23.4 Å². The number of anilines is 1. The van der Waals surface area contributed by atoms with Crippen molar-refractivity contribution in [2.75, 3.05) is 5.32 Å². The van der Waals surface area contributed by atoms with E-state index >= 15 is 0 Å². The predicted octanol–water partition coefficient (Wildman–Crippen LogP) is 4.36. The Morgan fingerprint density at radius 2 is 1.90 bits per heavy atom. The second-order valence-corrected chi connectivity index (χ2v) is 7.35. The van der Waals surface area contributed by atoms with Crippen LogP contribution >= 0.6 is 11.6 Å². The highest BCUT2D eigenvalue weighted by atomic mass is 35.5. The number of carbonyl (C=O) groups is 1. The van der Waals surface area contributed by atoms with Crippen LogP contribution in [0.5, 0.6) is 0 Å². The quantitative estimate of drug-likeness (QED) is 0.868. The van der Waals surface area contributed by atoms with Gasteiger partial charge in [0.25, 0.3) is 0 Å². The molecule has 0 saturated carbocycles. The van der Waals surface area contributed by atoms with E-state index in [9.17, 15) is 4.79 Å². The van der Waals surface area contributed by atoms with Crippen molar-refractivity contribution in [1.29, 1.82) is 0 Å². The number of benzene rings is 1. The van der Waals surface area contributed by atoms with Gasteiger partial charge in [-0.3, -0.25) is 5.32 Å². The van der Waals surface area contributed by atoms with Crippen LogP contribution < -0.4 is 11.1 Å². The van der Waals surface area contributed by atoms with E-state index in [-0.39, 0.29) is 5.54 Å². The van der Waals surface area contributed by atoms with Crippen LogP contribution in [0.2, 0.25) is 5.02 Å². The number of hydrogen-bond donors (Lipinski definition) is 2. The van der Waals surface area contributed by atoms with E-state index in [1.807, 2.05) is 40.7 Å². The molecule has 0 fully saturated rings. The Morgan fingerprint density at radius 3 is 2.43 bits per heavy atom. The Bertz CT molecular complexity index is 502. The van der Waals surface area contributed by atoms with Gasteiger partial charge in [-0.15, -0.1) is 0 Å². The minimum absolute atomic E-state index is 0.272.